The van der Waals surface area contributed by atoms with Crippen molar-refractivity contribution in [1.29, 1.82) is 0 Å². The van der Waals surface area contributed by atoms with E-state index >= 15 is 0 Å². The third-order valence-electron chi connectivity index (χ3n) is 1.99. The van der Waals surface area contributed by atoms with Gasteiger partial charge in [0.1, 0.15) is 12.4 Å². The first-order chi connectivity index (χ1) is 9.24. The van der Waals surface area contributed by atoms with Crippen molar-refractivity contribution in [2.24, 2.45) is 5.84 Å². The highest BCUT2D eigenvalue weighted by Gasteiger charge is 2.27. The number of nitrogens with zero attached hydrogens (tertiary/aromatic N) is 1. The van der Waals surface area contributed by atoms with Crippen molar-refractivity contribution in [1.82, 2.24) is 9.71 Å². The molecule has 0 amide bonds. The Balaban J connectivity index is 2.49. The Labute approximate surface area is 113 Å². The van der Waals surface area contributed by atoms with Crippen LogP contribution >= 0.6 is 0 Å². The lowest BCUT2D eigenvalue weighted by atomic mass is 10.5. The predicted octanol–water partition coefficient (Wildman–Crippen LogP) is 0.224. The largest absolute Gasteiger partial charge is 0.411 e. The Bertz CT molecular complexity index is 535. The molecule has 0 unspecified atom stereocenters. The summed E-state index contributed by atoms with van der Waals surface area (Å²) >= 11 is 0. The number of halogens is 3. The van der Waals surface area contributed by atoms with Crippen LogP contribution in [0.2, 0.25) is 0 Å². The van der Waals surface area contributed by atoms with Crippen LogP contribution in [0.1, 0.15) is 0 Å². The summed E-state index contributed by atoms with van der Waals surface area (Å²) in [6.45, 7) is -2.11. The van der Waals surface area contributed by atoms with Crippen molar-refractivity contribution in [3.8, 4) is 0 Å². The van der Waals surface area contributed by atoms with Gasteiger partial charge in [0.05, 0.1) is 11.5 Å². The summed E-state index contributed by atoms with van der Waals surface area (Å²) in [7, 11) is -3.86. The first-order valence-electron chi connectivity index (χ1n) is 5.31. The van der Waals surface area contributed by atoms with Crippen molar-refractivity contribution in [3.63, 3.8) is 0 Å². The van der Waals surface area contributed by atoms with Crippen molar-refractivity contribution in [2.75, 3.05) is 25.2 Å². The number of nitrogen functional groups attached to an aromatic ring is 1. The zero-order chi connectivity index (χ0) is 15.2. The lowest BCUT2D eigenvalue weighted by molar-refractivity contribution is -0.173. The first-order valence-corrected chi connectivity index (χ1v) is 6.80. The Hall–Kier alpha value is -1.43. The van der Waals surface area contributed by atoms with Crippen LogP contribution < -0.4 is 16.0 Å². The monoisotopic (exact) mass is 314 g/mol. The fraction of sp³-hybridized carbons (Fsp3) is 0.444. The highest BCUT2D eigenvalue weighted by molar-refractivity contribution is 7.89. The highest BCUT2D eigenvalue weighted by Crippen LogP contribution is 2.14. The smallest absolute Gasteiger partial charge is 0.371 e. The number of hydrogen-bond donors (Lipinski definition) is 3. The lowest BCUT2D eigenvalue weighted by Crippen LogP contribution is -2.29. The summed E-state index contributed by atoms with van der Waals surface area (Å²) in [5.41, 5.74) is 2.18. The fourth-order valence-corrected chi connectivity index (χ4v) is 2.20. The molecule has 0 aliphatic carbocycles. The second-order valence-electron chi connectivity index (χ2n) is 3.59. The van der Waals surface area contributed by atoms with E-state index in [1.807, 2.05) is 0 Å². The topological polar surface area (TPSA) is 106 Å². The molecule has 1 heterocycles. The van der Waals surface area contributed by atoms with Gasteiger partial charge in [0.2, 0.25) is 10.0 Å². The normalized spacial score (nSPS) is 12.4. The third kappa shape index (κ3) is 5.69. The molecule has 7 nitrogen and oxygen atoms in total. The van der Waals surface area contributed by atoms with Crippen molar-refractivity contribution >= 4 is 15.8 Å². The molecule has 20 heavy (non-hydrogen) atoms. The molecule has 1 aromatic heterocycles. The van der Waals surface area contributed by atoms with Crippen LogP contribution in [0.5, 0.6) is 0 Å². The Morgan fingerprint density at radius 2 is 2.10 bits per heavy atom. The van der Waals surface area contributed by atoms with Gasteiger partial charge in [-0.3, -0.25) is 0 Å². The van der Waals surface area contributed by atoms with E-state index in [-0.39, 0.29) is 17.3 Å². The van der Waals surface area contributed by atoms with Crippen LogP contribution in [-0.2, 0) is 14.8 Å². The van der Waals surface area contributed by atoms with Gasteiger partial charge in [0, 0.05) is 18.8 Å². The quantitative estimate of drug-likeness (QED) is 0.378. The molecule has 0 aliphatic heterocycles. The van der Waals surface area contributed by atoms with Crippen molar-refractivity contribution < 1.29 is 26.3 Å². The number of nitrogens with one attached hydrogen (secondary N) is 2. The van der Waals surface area contributed by atoms with Gasteiger partial charge >= 0.3 is 6.18 Å². The van der Waals surface area contributed by atoms with E-state index < -0.39 is 29.4 Å². The van der Waals surface area contributed by atoms with E-state index in [0.29, 0.717) is 0 Å². The Kier molecular flexibility index (Phi) is 5.68. The highest BCUT2D eigenvalue weighted by atomic mass is 32.2. The van der Waals surface area contributed by atoms with Crippen LogP contribution in [0.25, 0.3) is 0 Å². The Morgan fingerprint density at radius 3 is 2.70 bits per heavy atom. The number of alkyl halides is 3. The number of hydrogen-bond acceptors (Lipinski definition) is 6. The fourth-order valence-electron chi connectivity index (χ4n) is 1.18. The third-order valence-corrected chi connectivity index (χ3v) is 3.45. The summed E-state index contributed by atoms with van der Waals surface area (Å²) in [5.74, 6) is 5.23. The van der Waals surface area contributed by atoms with Crippen LogP contribution in [-0.4, -0.2) is 39.3 Å². The molecule has 0 aromatic carbocycles. The van der Waals surface area contributed by atoms with E-state index in [2.05, 4.69) is 19.9 Å². The molecule has 0 atom stereocenters. The standard InChI is InChI=1S/C9H13F3N4O3S/c10-9(11,12)6-19-4-3-15-20(17,18)7-1-2-14-8(5-7)16-13/h1-2,5,15H,3-4,6,13H2,(H,14,16). The number of hydrazine groups is 1. The van der Waals surface area contributed by atoms with Crippen LogP contribution in [0.4, 0.5) is 19.0 Å². The average molecular weight is 314 g/mol. The molecule has 4 N–H and O–H groups in total. The van der Waals surface area contributed by atoms with Gasteiger partial charge in [-0.15, -0.1) is 0 Å². The molecule has 0 saturated heterocycles. The zero-order valence-corrected chi connectivity index (χ0v) is 11.0. The van der Waals surface area contributed by atoms with E-state index in [1.165, 1.54) is 18.3 Å². The summed E-state index contributed by atoms with van der Waals surface area (Å²) < 4.78 is 65.3. The first kappa shape index (κ1) is 16.6. The van der Waals surface area contributed by atoms with Crippen molar-refractivity contribution in [3.05, 3.63) is 18.3 Å². The van der Waals surface area contributed by atoms with E-state index in [9.17, 15) is 21.6 Å². The molecule has 1 aromatic rings. The van der Waals surface area contributed by atoms with E-state index in [0.717, 1.165) is 0 Å². The second-order valence-corrected chi connectivity index (χ2v) is 5.35. The van der Waals surface area contributed by atoms with Crippen LogP contribution in [0.3, 0.4) is 0 Å². The number of aromatic nitrogens is 1. The second kappa shape index (κ2) is 6.83. The molecule has 0 bridgehead atoms. The molecule has 0 fully saturated rings. The zero-order valence-electron chi connectivity index (χ0n) is 10.1. The molecular formula is C9H13F3N4O3S. The molecule has 0 aliphatic rings. The van der Waals surface area contributed by atoms with Gasteiger partial charge in [-0.1, -0.05) is 0 Å². The minimum Gasteiger partial charge on any atom is -0.371 e. The minimum atomic E-state index is -4.44. The lowest BCUT2D eigenvalue weighted by Gasteiger charge is -2.09. The maximum Gasteiger partial charge on any atom is 0.411 e. The van der Waals surface area contributed by atoms with Gasteiger partial charge in [0.15, 0.2) is 0 Å². The maximum atomic E-state index is 11.8. The molecule has 1 rings (SSSR count). The van der Waals surface area contributed by atoms with Gasteiger partial charge in [-0.2, -0.15) is 13.2 Å². The molecular weight excluding hydrogens is 301 g/mol. The molecule has 0 spiro atoms. The number of sulfonamides is 1. The van der Waals surface area contributed by atoms with Crippen molar-refractivity contribution in [2.45, 2.75) is 11.1 Å². The number of nitrogens with two attached hydrogens (primary N) is 1. The van der Waals surface area contributed by atoms with Crippen LogP contribution in [0, 0.1) is 0 Å². The summed E-state index contributed by atoms with van der Waals surface area (Å²) in [4.78, 5) is 3.62. The maximum absolute atomic E-state index is 11.8. The number of rotatable bonds is 7. The Morgan fingerprint density at radius 1 is 1.40 bits per heavy atom. The molecule has 0 saturated carbocycles. The number of ether oxygens (including phenoxy) is 1. The van der Waals surface area contributed by atoms with Gasteiger partial charge in [-0.05, 0) is 6.07 Å². The number of pyridine rings is 1. The minimum absolute atomic E-state index is 0.115. The van der Waals surface area contributed by atoms with Gasteiger partial charge in [0.25, 0.3) is 0 Å². The average Bonchev–Trinajstić information content (AvgIpc) is 2.37. The van der Waals surface area contributed by atoms with E-state index in [1.54, 1.807) is 0 Å². The van der Waals surface area contributed by atoms with Gasteiger partial charge in [-0.25, -0.2) is 24.0 Å². The summed E-state index contributed by atoms with van der Waals surface area (Å²) in [5, 5.41) is 0. The summed E-state index contributed by atoms with van der Waals surface area (Å²) in [6, 6.07) is 2.40. The SMILES string of the molecule is NNc1cc(S(=O)(=O)NCCOCC(F)(F)F)ccn1. The summed E-state index contributed by atoms with van der Waals surface area (Å²) in [6.07, 6.45) is -3.21. The number of anilines is 1. The van der Waals surface area contributed by atoms with E-state index in [4.69, 9.17) is 5.84 Å². The predicted molar refractivity (Wildman–Crippen MR) is 64.1 cm³/mol. The van der Waals surface area contributed by atoms with Gasteiger partial charge < -0.3 is 10.2 Å². The molecule has 0 radical (unpaired) electrons. The van der Waals surface area contributed by atoms with Crippen LogP contribution in [0.15, 0.2) is 23.2 Å². The molecule has 114 valence electrons. The molecule has 11 heteroatoms.